The molecule has 0 saturated carbocycles. The van der Waals surface area contributed by atoms with E-state index in [1.807, 2.05) is 6.92 Å². The molecule has 0 fully saturated rings. The number of hydrogen-bond acceptors (Lipinski definition) is 5. The molecule has 18 heavy (non-hydrogen) atoms. The van der Waals surface area contributed by atoms with Gasteiger partial charge >= 0.3 is 0 Å². The lowest BCUT2D eigenvalue weighted by molar-refractivity contribution is -0.0373. The van der Waals surface area contributed by atoms with Crippen LogP contribution in [0, 0.1) is 6.92 Å². The van der Waals surface area contributed by atoms with Gasteiger partial charge in [-0.15, -0.1) is 0 Å². The number of aryl methyl sites for hydroxylation is 1. The molecule has 0 aliphatic rings. The Morgan fingerprint density at radius 2 is 1.89 bits per heavy atom. The number of halogens is 2. The molecule has 3 N–H and O–H groups in total. The number of aliphatic hydroxyl groups is 1. The number of nitrogens with zero attached hydrogens (tertiary/aromatic N) is 2. The van der Waals surface area contributed by atoms with E-state index in [2.05, 4.69) is 20.6 Å². The van der Waals surface area contributed by atoms with Crippen molar-refractivity contribution < 1.29 is 13.9 Å². The van der Waals surface area contributed by atoms with Gasteiger partial charge in [-0.05, 0) is 6.92 Å². The minimum absolute atomic E-state index is 0.360. The van der Waals surface area contributed by atoms with E-state index in [0.717, 1.165) is 0 Å². The van der Waals surface area contributed by atoms with Gasteiger partial charge in [-0.1, -0.05) is 6.92 Å². The molecule has 1 rings (SSSR count). The van der Waals surface area contributed by atoms with E-state index < -0.39 is 19.1 Å². The van der Waals surface area contributed by atoms with Crippen LogP contribution in [0.4, 0.5) is 20.4 Å². The second-order valence-corrected chi connectivity index (χ2v) is 3.93. The Bertz CT molecular complexity index is 412. The fourth-order valence-electron chi connectivity index (χ4n) is 1.41. The van der Waals surface area contributed by atoms with Crippen LogP contribution in [-0.2, 0) is 6.42 Å². The van der Waals surface area contributed by atoms with Crippen LogP contribution >= 0.6 is 0 Å². The monoisotopic (exact) mass is 260 g/mol. The number of alkyl halides is 2. The molecule has 0 bridgehead atoms. The van der Waals surface area contributed by atoms with Crippen LogP contribution in [-0.4, -0.2) is 41.2 Å². The molecule has 0 atom stereocenters. The SMILES string of the molecule is CCc1nc(NC)c(C)c(NCC(F)(F)CO)n1. The molecule has 0 aromatic carbocycles. The zero-order valence-electron chi connectivity index (χ0n) is 10.7. The van der Waals surface area contributed by atoms with E-state index in [1.54, 1.807) is 14.0 Å². The molecule has 0 amide bonds. The van der Waals surface area contributed by atoms with Crippen LogP contribution in [0.5, 0.6) is 0 Å². The Morgan fingerprint density at radius 1 is 1.28 bits per heavy atom. The molecule has 1 aromatic heterocycles. The van der Waals surface area contributed by atoms with E-state index in [1.165, 1.54) is 0 Å². The normalized spacial score (nSPS) is 11.4. The molecule has 0 unspecified atom stereocenters. The second kappa shape index (κ2) is 5.90. The van der Waals surface area contributed by atoms with Crippen LogP contribution < -0.4 is 10.6 Å². The predicted molar refractivity (Wildman–Crippen MR) is 66.2 cm³/mol. The predicted octanol–water partition coefficient (Wildman–Crippen LogP) is 1.43. The molecule has 5 nitrogen and oxygen atoms in total. The smallest absolute Gasteiger partial charge is 0.287 e. The van der Waals surface area contributed by atoms with Gasteiger partial charge in [0.2, 0.25) is 0 Å². The minimum atomic E-state index is -3.16. The number of aromatic nitrogens is 2. The molecule has 0 aliphatic carbocycles. The maximum Gasteiger partial charge on any atom is 0.287 e. The summed E-state index contributed by atoms with van der Waals surface area (Å²) in [6.07, 6.45) is 0.611. The summed E-state index contributed by atoms with van der Waals surface area (Å²) in [7, 11) is 1.71. The van der Waals surface area contributed by atoms with Crippen molar-refractivity contribution in [1.29, 1.82) is 0 Å². The van der Waals surface area contributed by atoms with Gasteiger partial charge < -0.3 is 15.7 Å². The van der Waals surface area contributed by atoms with Crippen LogP contribution in [0.1, 0.15) is 18.3 Å². The molecular weight excluding hydrogens is 242 g/mol. The highest BCUT2D eigenvalue weighted by Crippen LogP contribution is 2.21. The van der Waals surface area contributed by atoms with Crippen molar-refractivity contribution in [2.45, 2.75) is 26.2 Å². The van der Waals surface area contributed by atoms with Crippen molar-refractivity contribution in [3.63, 3.8) is 0 Å². The van der Waals surface area contributed by atoms with Gasteiger partial charge in [-0.3, -0.25) is 0 Å². The van der Waals surface area contributed by atoms with Crippen LogP contribution in [0.2, 0.25) is 0 Å². The van der Waals surface area contributed by atoms with Gasteiger partial charge in [0.05, 0.1) is 6.54 Å². The van der Waals surface area contributed by atoms with E-state index in [9.17, 15) is 8.78 Å². The maximum absolute atomic E-state index is 13.0. The molecule has 0 aliphatic heterocycles. The first-order valence-corrected chi connectivity index (χ1v) is 5.71. The number of aliphatic hydroxyl groups excluding tert-OH is 1. The second-order valence-electron chi connectivity index (χ2n) is 3.93. The highest BCUT2D eigenvalue weighted by atomic mass is 19.3. The lowest BCUT2D eigenvalue weighted by atomic mass is 10.2. The van der Waals surface area contributed by atoms with Crippen molar-refractivity contribution in [3.8, 4) is 0 Å². The molecule has 1 heterocycles. The summed E-state index contributed by atoms with van der Waals surface area (Å²) in [5.74, 6) is -1.63. The summed E-state index contributed by atoms with van der Waals surface area (Å²) in [6, 6.07) is 0. The summed E-state index contributed by atoms with van der Waals surface area (Å²) < 4.78 is 25.9. The summed E-state index contributed by atoms with van der Waals surface area (Å²) >= 11 is 0. The highest BCUT2D eigenvalue weighted by molar-refractivity contribution is 5.57. The highest BCUT2D eigenvalue weighted by Gasteiger charge is 2.27. The Kier molecular flexibility index (Phi) is 4.77. The maximum atomic E-state index is 13.0. The van der Waals surface area contributed by atoms with Crippen LogP contribution in [0.25, 0.3) is 0 Å². The Balaban J connectivity index is 2.94. The van der Waals surface area contributed by atoms with E-state index >= 15 is 0 Å². The van der Waals surface area contributed by atoms with E-state index in [-0.39, 0.29) is 0 Å². The average Bonchev–Trinajstić information content (AvgIpc) is 2.37. The fraction of sp³-hybridized carbons (Fsp3) is 0.636. The van der Waals surface area contributed by atoms with E-state index in [4.69, 9.17) is 5.11 Å². The average molecular weight is 260 g/mol. The number of anilines is 2. The van der Waals surface area contributed by atoms with Gasteiger partial charge in [0.1, 0.15) is 24.1 Å². The van der Waals surface area contributed by atoms with Crippen LogP contribution in [0.3, 0.4) is 0 Å². The van der Waals surface area contributed by atoms with Gasteiger partial charge in [0.15, 0.2) is 0 Å². The van der Waals surface area contributed by atoms with Crippen molar-refractivity contribution in [1.82, 2.24) is 9.97 Å². The first-order valence-electron chi connectivity index (χ1n) is 5.71. The van der Waals surface area contributed by atoms with Crippen molar-refractivity contribution in [2.75, 3.05) is 30.8 Å². The summed E-state index contributed by atoms with van der Waals surface area (Å²) in [4.78, 5) is 8.39. The lowest BCUT2D eigenvalue weighted by Crippen LogP contribution is -2.31. The third-order valence-electron chi connectivity index (χ3n) is 2.49. The quantitative estimate of drug-likeness (QED) is 0.722. The first kappa shape index (κ1) is 14.6. The molecular formula is C11H18F2N4O. The third-order valence-corrected chi connectivity index (χ3v) is 2.49. The molecule has 0 saturated heterocycles. The number of rotatable bonds is 6. The number of hydrogen-bond donors (Lipinski definition) is 3. The summed E-state index contributed by atoms with van der Waals surface area (Å²) in [5, 5.41) is 14.0. The lowest BCUT2D eigenvalue weighted by Gasteiger charge is -2.17. The standard InChI is InChI=1S/C11H18F2N4O/c1-4-8-16-9(14-3)7(2)10(17-8)15-5-11(12,13)6-18/h18H,4-6H2,1-3H3,(H2,14,15,16,17). The van der Waals surface area contributed by atoms with Crippen molar-refractivity contribution >= 4 is 11.6 Å². The van der Waals surface area contributed by atoms with E-state index in [0.29, 0.717) is 29.4 Å². The third kappa shape index (κ3) is 3.49. The largest absolute Gasteiger partial charge is 0.390 e. The molecule has 0 spiro atoms. The Labute approximate surface area is 105 Å². The zero-order valence-corrected chi connectivity index (χ0v) is 10.7. The van der Waals surface area contributed by atoms with Crippen molar-refractivity contribution in [2.24, 2.45) is 0 Å². The molecule has 102 valence electrons. The number of nitrogens with one attached hydrogen (secondary N) is 2. The first-order chi connectivity index (χ1) is 8.43. The summed E-state index contributed by atoms with van der Waals surface area (Å²) in [5.41, 5.74) is 0.670. The molecule has 0 radical (unpaired) electrons. The Morgan fingerprint density at radius 3 is 2.39 bits per heavy atom. The molecule has 1 aromatic rings. The summed E-state index contributed by atoms with van der Waals surface area (Å²) in [6.45, 7) is 1.78. The van der Waals surface area contributed by atoms with Gasteiger partial charge in [0.25, 0.3) is 5.92 Å². The Hall–Kier alpha value is -1.50. The van der Waals surface area contributed by atoms with Gasteiger partial charge in [-0.2, -0.15) is 0 Å². The van der Waals surface area contributed by atoms with Gasteiger partial charge in [-0.25, -0.2) is 18.7 Å². The van der Waals surface area contributed by atoms with Crippen molar-refractivity contribution in [3.05, 3.63) is 11.4 Å². The van der Waals surface area contributed by atoms with Gasteiger partial charge in [0, 0.05) is 19.0 Å². The van der Waals surface area contributed by atoms with Crippen LogP contribution in [0.15, 0.2) is 0 Å². The topological polar surface area (TPSA) is 70.1 Å². The molecule has 7 heteroatoms. The zero-order chi connectivity index (χ0) is 13.8. The fourth-order valence-corrected chi connectivity index (χ4v) is 1.41. The minimum Gasteiger partial charge on any atom is -0.390 e.